The van der Waals surface area contributed by atoms with E-state index in [4.69, 9.17) is 34.8 Å². The quantitative estimate of drug-likeness (QED) is 0.168. The number of hydrazine groups is 1. The Labute approximate surface area is 158 Å². The van der Waals surface area contributed by atoms with Gasteiger partial charge in [-0.2, -0.15) is 8.42 Å². The molecule has 0 unspecified atom stereocenters. The molecular formula is C18H22N4O4S. The van der Waals surface area contributed by atoms with Gasteiger partial charge in [-0.3, -0.25) is 14.9 Å². The molecule has 8 nitrogen and oxygen atoms in total. The summed E-state index contributed by atoms with van der Waals surface area (Å²) in [5.74, 6) is 5.10. The van der Waals surface area contributed by atoms with Crippen molar-refractivity contribution in [3.8, 4) is 11.1 Å². The van der Waals surface area contributed by atoms with E-state index in [2.05, 4.69) is 5.43 Å². The summed E-state index contributed by atoms with van der Waals surface area (Å²) in [6, 6.07) is 25.2. The number of rotatable bonds is 2. The average molecular weight is 390 g/mol. The molecule has 0 aliphatic carbocycles. The molecule has 0 aliphatic rings. The summed E-state index contributed by atoms with van der Waals surface area (Å²) in [5.41, 5.74) is 18.5. The molecule has 3 aromatic rings. The first kappa shape index (κ1) is 21.9. The van der Waals surface area contributed by atoms with Gasteiger partial charge >= 0.3 is 10.4 Å². The number of nitrogen functional groups attached to an aromatic ring is 3. The van der Waals surface area contributed by atoms with E-state index in [-0.39, 0.29) is 0 Å². The molecule has 0 aromatic heterocycles. The lowest BCUT2D eigenvalue weighted by atomic mass is 10.1. The van der Waals surface area contributed by atoms with Gasteiger partial charge in [0.1, 0.15) is 0 Å². The number of nitrogens with one attached hydrogen (secondary N) is 1. The first-order chi connectivity index (χ1) is 12.7. The van der Waals surface area contributed by atoms with Crippen molar-refractivity contribution in [1.29, 1.82) is 0 Å². The smallest absolute Gasteiger partial charge is 0.394 e. The van der Waals surface area contributed by atoms with Gasteiger partial charge in [0, 0.05) is 17.1 Å². The Hall–Kier alpha value is -3.11. The zero-order chi connectivity index (χ0) is 20.3. The Morgan fingerprint density at radius 2 is 1.00 bits per heavy atom. The van der Waals surface area contributed by atoms with E-state index in [1.54, 1.807) is 0 Å². The van der Waals surface area contributed by atoms with Gasteiger partial charge in [0.25, 0.3) is 0 Å². The third kappa shape index (κ3) is 10.5. The highest BCUT2D eigenvalue weighted by atomic mass is 32.3. The lowest BCUT2D eigenvalue weighted by Crippen LogP contribution is -2.05. The van der Waals surface area contributed by atoms with Crippen molar-refractivity contribution in [3.63, 3.8) is 0 Å². The van der Waals surface area contributed by atoms with Gasteiger partial charge < -0.3 is 16.9 Å². The van der Waals surface area contributed by atoms with Gasteiger partial charge in [-0.15, -0.1) is 0 Å². The maximum atomic E-state index is 8.74. The maximum absolute atomic E-state index is 8.74. The van der Waals surface area contributed by atoms with Gasteiger partial charge in [0.05, 0.1) is 0 Å². The Balaban J connectivity index is 0.000000237. The van der Waals surface area contributed by atoms with Crippen LogP contribution in [0, 0.1) is 0 Å². The lowest BCUT2D eigenvalue weighted by molar-refractivity contribution is 0.381. The van der Waals surface area contributed by atoms with Crippen molar-refractivity contribution in [1.82, 2.24) is 0 Å². The van der Waals surface area contributed by atoms with Gasteiger partial charge in [-0.25, -0.2) is 0 Å². The Morgan fingerprint density at radius 3 is 1.26 bits per heavy atom. The predicted octanol–water partition coefficient (Wildman–Crippen LogP) is 2.84. The second-order valence-corrected chi connectivity index (χ2v) is 6.10. The van der Waals surface area contributed by atoms with Crippen LogP contribution in [0.5, 0.6) is 0 Å². The number of nitrogens with two attached hydrogens (primary N) is 3. The van der Waals surface area contributed by atoms with Crippen LogP contribution in [0.1, 0.15) is 0 Å². The van der Waals surface area contributed by atoms with Crippen molar-refractivity contribution in [2.45, 2.75) is 0 Å². The van der Waals surface area contributed by atoms with Gasteiger partial charge in [-0.1, -0.05) is 42.5 Å². The van der Waals surface area contributed by atoms with E-state index < -0.39 is 10.4 Å². The summed E-state index contributed by atoms with van der Waals surface area (Å²) in [6.07, 6.45) is 0. The minimum Gasteiger partial charge on any atom is -0.399 e. The van der Waals surface area contributed by atoms with Crippen LogP contribution >= 0.6 is 0 Å². The first-order valence-corrected chi connectivity index (χ1v) is 9.01. The monoisotopic (exact) mass is 390 g/mol. The van der Waals surface area contributed by atoms with Crippen LogP contribution in [0.25, 0.3) is 11.1 Å². The molecule has 0 atom stereocenters. The van der Waals surface area contributed by atoms with Crippen LogP contribution in [-0.4, -0.2) is 17.5 Å². The van der Waals surface area contributed by atoms with Crippen molar-refractivity contribution >= 4 is 27.5 Å². The van der Waals surface area contributed by atoms with Crippen LogP contribution in [0.3, 0.4) is 0 Å². The van der Waals surface area contributed by atoms with Crippen LogP contribution in [0.15, 0.2) is 78.9 Å². The summed E-state index contributed by atoms with van der Waals surface area (Å²) in [5, 5.41) is 0. The molecule has 0 radical (unpaired) electrons. The Morgan fingerprint density at radius 1 is 0.667 bits per heavy atom. The molecule has 9 N–H and O–H groups in total. The molecule has 0 spiro atoms. The van der Waals surface area contributed by atoms with Crippen molar-refractivity contribution in [2.75, 3.05) is 16.9 Å². The van der Waals surface area contributed by atoms with Gasteiger partial charge in [-0.05, 0) is 47.5 Å². The molecule has 0 saturated carbocycles. The fraction of sp³-hybridized carbons (Fsp3) is 0. The third-order valence-corrected chi connectivity index (χ3v) is 3.10. The molecule has 0 heterocycles. The van der Waals surface area contributed by atoms with E-state index >= 15 is 0 Å². The van der Waals surface area contributed by atoms with E-state index in [0.29, 0.717) is 0 Å². The maximum Gasteiger partial charge on any atom is 0.394 e. The minimum absolute atomic E-state index is 0.782. The second kappa shape index (κ2) is 10.8. The van der Waals surface area contributed by atoms with Crippen LogP contribution < -0.4 is 22.7 Å². The largest absolute Gasteiger partial charge is 0.399 e. The Kier molecular flexibility index (Phi) is 8.76. The summed E-state index contributed by atoms with van der Waals surface area (Å²) in [4.78, 5) is 0. The van der Waals surface area contributed by atoms with Crippen molar-refractivity contribution < 1.29 is 17.5 Å². The fourth-order valence-electron chi connectivity index (χ4n) is 1.89. The first-order valence-electron chi connectivity index (χ1n) is 7.62. The summed E-state index contributed by atoms with van der Waals surface area (Å²) >= 11 is 0. The summed E-state index contributed by atoms with van der Waals surface area (Å²) in [7, 11) is -4.67. The third-order valence-electron chi connectivity index (χ3n) is 3.10. The van der Waals surface area contributed by atoms with E-state index in [9.17, 15) is 0 Å². The standard InChI is InChI=1S/C12H12N2.C6H8N2.H2O4S/c13-11-5-1-9(2-6-11)10-3-7-12(14)8-4-10;7-8-6-4-2-1-3-5-6;1-5(2,3)4/h1-8H,13-14H2;1-5,8H,7H2;(H2,1,2,3,4). The topological polar surface area (TPSA) is 165 Å². The van der Waals surface area contributed by atoms with Crippen LogP contribution in [-0.2, 0) is 10.4 Å². The molecule has 144 valence electrons. The molecule has 0 fully saturated rings. The van der Waals surface area contributed by atoms with E-state index in [1.807, 2.05) is 78.9 Å². The van der Waals surface area contributed by atoms with E-state index in [0.717, 1.165) is 28.2 Å². The van der Waals surface area contributed by atoms with Crippen LogP contribution in [0.4, 0.5) is 17.1 Å². The SMILES string of the molecule is NNc1ccccc1.Nc1ccc(-c2ccc(N)cc2)cc1.O=S(=O)(O)O. The zero-order valence-electron chi connectivity index (χ0n) is 14.4. The molecule has 9 heteroatoms. The normalized spacial score (nSPS) is 9.89. The predicted molar refractivity (Wildman–Crippen MR) is 109 cm³/mol. The number of anilines is 3. The van der Waals surface area contributed by atoms with Gasteiger partial charge in [0.15, 0.2) is 0 Å². The van der Waals surface area contributed by atoms with Gasteiger partial charge in [0.2, 0.25) is 0 Å². The average Bonchev–Trinajstić information content (AvgIpc) is 2.63. The molecule has 0 aliphatic heterocycles. The number of para-hydroxylation sites is 1. The van der Waals surface area contributed by atoms with Crippen molar-refractivity contribution in [3.05, 3.63) is 78.9 Å². The molecular weight excluding hydrogens is 368 g/mol. The zero-order valence-corrected chi connectivity index (χ0v) is 15.2. The summed E-state index contributed by atoms with van der Waals surface area (Å²) in [6.45, 7) is 0. The van der Waals surface area contributed by atoms with Crippen LogP contribution in [0.2, 0.25) is 0 Å². The van der Waals surface area contributed by atoms with E-state index in [1.165, 1.54) is 0 Å². The molecule has 27 heavy (non-hydrogen) atoms. The highest BCUT2D eigenvalue weighted by molar-refractivity contribution is 7.79. The molecule has 3 rings (SSSR count). The number of hydrogen-bond acceptors (Lipinski definition) is 6. The minimum atomic E-state index is -4.67. The highest BCUT2D eigenvalue weighted by Gasteiger charge is 1.95. The molecule has 0 saturated heterocycles. The molecule has 0 amide bonds. The lowest BCUT2D eigenvalue weighted by Gasteiger charge is -2.02. The second-order valence-electron chi connectivity index (χ2n) is 5.20. The number of benzene rings is 3. The fourth-order valence-corrected chi connectivity index (χ4v) is 1.89. The molecule has 0 bridgehead atoms. The highest BCUT2D eigenvalue weighted by Crippen LogP contribution is 2.21. The summed E-state index contributed by atoms with van der Waals surface area (Å²) < 4.78 is 31.6. The Bertz CT molecular complexity index is 849. The molecule has 3 aromatic carbocycles. The number of hydrogen-bond donors (Lipinski definition) is 6. The van der Waals surface area contributed by atoms with Crippen molar-refractivity contribution in [2.24, 2.45) is 5.84 Å².